The van der Waals surface area contributed by atoms with E-state index in [9.17, 15) is 8.42 Å². The summed E-state index contributed by atoms with van der Waals surface area (Å²) in [5.74, 6) is 1.00. The van der Waals surface area contributed by atoms with Gasteiger partial charge in [-0.15, -0.1) is 0 Å². The maximum atomic E-state index is 11.5. The summed E-state index contributed by atoms with van der Waals surface area (Å²) in [6.07, 6.45) is 1.15. The molecule has 0 aliphatic rings. The third-order valence-corrected chi connectivity index (χ3v) is 3.90. The summed E-state index contributed by atoms with van der Waals surface area (Å²) in [4.78, 5) is 0.209. The Hall–Kier alpha value is -2.32. The molecule has 2 aromatic carbocycles. The number of benzene rings is 2. The Morgan fingerprint density at radius 2 is 1.80 bits per heavy atom. The fraction of sp³-hybridized carbons (Fsp3) is 0.133. The molecule has 0 saturated heterocycles. The highest BCUT2D eigenvalue weighted by Crippen LogP contribution is 2.25. The highest BCUT2D eigenvalue weighted by molar-refractivity contribution is 7.90. The van der Waals surface area contributed by atoms with Crippen LogP contribution < -0.4 is 4.74 Å². The molecular formula is C15H13NO3S. The number of hydrogen-bond acceptors (Lipinski definition) is 4. The molecule has 0 N–H and O–H groups in total. The van der Waals surface area contributed by atoms with Gasteiger partial charge in [0.2, 0.25) is 0 Å². The van der Waals surface area contributed by atoms with Gasteiger partial charge in [-0.25, -0.2) is 8.42 Å². The highest BCUT2D eigenvalue weighted by Gasteiger charge is 2.08. The van der Waals surface area contributed by atoms with Crippen LogP contribution in [0.5, 0.6) is 11.5 Å². The zero-order valence-electron chi connectivity index (χ0n) is 11.1. The van der Waals surface area contributed by atoms with Gasteiger partial charge in [0, 0.05) is 6.26 Å². The Balaban J connectivity index is 2.31. The van der Waals surface area contributed by atoms with Gasteiger partial charge < -0.3 is 4.74 Å². The third-order valence-electron chi connectivity index (χ3n) is 2.79. The van der Waals surface area contributed by atoms with E-state index in [1.165, 1.54) is 12.1 Å². The van der Waals surface area contributed by atoms with Crippen LogP contribution >= 0.6 is 0 Å². The Kier molecular flexibility index (Phi) is 3.77. The van der Waals surface area contributed by atoms with Gasteiger partial charge in [0.05, 0.1) is 16.5 Å². The maximum Gasteiger partial charge on any atom is 0.175 e. The largest absolute Gasteiger partial charge is 0.457 e. The fourth-order valence-electron chi connectivity index (χ4n) is 1.73. The van der Waals surface area contributed by atoms with Crippen LogP contribution in [0.2, 0.25) is 0 Å². The lowest BCUT2D eigenvalue weighted by Gasteiger charge is -2.08. The van der Waals surface area contributed by atoms with Gasteiger partial charge in [0.25, 0.3) is 0 Å². The molecule has 2 rings (SSSR count). The van der Waals surface area contributed by atoms with Crippen molar-refractivity contribution in [2.45, 2.75) is 11.8 Å². The number of hydrogen-bond donors (Lipinski definition) is 0. The summed E-state index contributed by atoms with van der Waals surface area (Å²) in [7, 11) is -3.26. The van der Waals surface area contributed by atoms with Crippen molar-refractivity contribution in [1.29, 1.82) is 5.26 Å². The van der Waals surface area contributed by atoms with E-state index in [-0.39, 0.29) is 4.90 Å². The maximum absolute atomic E-state index is 11.5. The van der Waals surface area contributed by atoms with Gasteiger partial charge in [-0.05, 0) is 48.9 Å². The molecule has 20 heavy (non-hydrogen) atoms. The predicted octanol–water partition coefficient (Wildman–Crippen LogP) is 3.06. The van der Waals surface area contributed by atoms with Crippen molar-refractivity contribution in [3.8, 4) is 17.6 Å². The lowest BCUT2D eigenvalue weighted by Crippen LogP contribution is -1.97. The van der Waals surface area contributed by atoms with Crippen molar-refractivity contribution in [2.75, 3.05) is 6.26 Å². The van der Waals surface area contributed by atoms with Crippen LogP contribution in [0, 0.1) is 18.3 Å². The molecule has 0 unspecified atom stereocenters. The third kappa shape index (κ3) is 3.16. The molecule has 102 valence electrons. The summed E-state index contributed by atoms with van der Waals surface area (Å²) < 4.78 is 28.6. The second-order valence-electron chi connectivity index (χ2n) is 4.44. The van der Waals surface area contributed by atoms with Crippen LogP contribution in [0.4, 0.5) is 0 Å². The van der Waals surface area contributed by atoms with E-state index in [4.69, 9.17) is 10.00 Å². The fourth-order valence-corrected chi connectivity index (χ4v) is 2.39. The smallest absolute Gasteiger partial charge is 0.175 e. The second-order valence-corrected chi connectivity index (χ2v) is 6.45. The zero-order chi connectivity index (χ0) is 14.8. The quantitative estimate of drug-likeness (QED) is 0.870. The molecule has 0 aromatic heterocycles. The van der Waals surface area contributed by atoms with Crippen molar-refractivity contribution in [1.82, 2.24) is 0 Å². The first kappa shape index (κ1) is 14.1. The standard InChI is InChI=1S/C15H13NO3S/c1-11-8-14(7-6-12(11)10-16)19-13-4-3-5-15(9-13)20(2,17)18/h3-9H,1-2H3. The Bertz CT molecular complexity index is 789. The van der Waals surface area contributed by atoms with Crippen LogP contribution in [0.25, 0.3) is 0 Å². The van der Waals surface area contributed by atoms with Crippen molar-refractivity contribution >= 4 is 9.84 Å². The van der Waals surface area contributed by atoms with E-state index in [1.807, 2.05) is 6.92 Å². The van der Waals surface area contributed by atoms with Crippen LogP contribution in [-0.4, -0.2) is 14.7 Å². The summed E-state index contributed by atoms with van der Waals surface area (Å²) in [6, 6.07) is 13.5. The molecule has 0 bridgehead atoms. The molecule has 0 aliphatic carbocycles. The average molecular weight is 287 g/mol. The topological polar surface area (TPSA) is 67.2 Å². The molecule has 0 saturated carbocycles. The molecule has 0 spiro atoms. The summed E-state index contributed by atoms with van der Waals surface area (Å²) in [6.45, 7) is 1.82. The number of ether oxygens (including phenoxy) is 1. The summed E-state index contributed by atoms with van der Waals surface area (Å²) in [5.41, 5.74) is 1.39. The molecule has 0 heterocycles. The van der Waals surface area contributed by atoms with Crippen LogP contribution in [-0.2, 0) is 9.84 Å². The van der Waals surface area contributed by atoms with Gasteiger partial charge in [-0.2, -0.15) is 5.26 Å². The molecule has 0 atom stereocenters. The van der Waals surface area contributed by atoms with E-state index in [1.54, 1.807) is 30.3 Å². The first-order valence-electron chi connectivity index (χ1n) is 5.89. The van der Waals surface area contributed by atoms with Crippen molar-refractivity contribution in [3.05, 3.63) is 53.6 Å². The first-order chi connectivity index (χ1) is 9.40. The molecule has 5 heteroatoms. The van der Waals surface area contributed by atoms with Crippen molar-refractivity contribution in [2.24, 2.45) is 0 Å². The normalized spacial score (nSPS) is 10.8. The van der Waals surface area contributed by atoms with E-state index in [0.717, 1.165) is 11.8 Å². The number of nitriles is 1. The van der Waals surface area contributed by atoms with Gasteiger partial charge >= 0.3 is 0 Å². The minimum absolute atomic E-state index is 0.209. The number of sulfone groups is 1. The van der Waals surface area contributed by atoms with E-state index in [0.29, 0.717) is 17.1 Å². The van der Waals surface area contributed by atoms with Gasteiger partial charge in [0.15, 0.2) is 9.84 Å². The minimum atomic E-state index is -3.26. The highest BCUT2D eigenvalue weighted by atomic mass is 32.2. The molecule has 0 radical (unpaired) electrons. The Labute approximate surface area is 118 Å². The van der Waals surface area contributed by atoms with E-state index < -0.39 is 9.84 Å². The van der Waals surface area contributed by atoms with Crippen LogP contribution in [0.15, 0.2) is 47.4 Å². The van der Waals surface area contributed by atoms with Gasteiger partial charge in [-0.3, -0.25) is 0 Å². The lowest BCUT2D eigenvalue weighted by molar-refractivity contribution is 0.480. The zero-order valence-corrected chi connectivity index (χ0v) is 11.9. The van der Waals surface area contributed by atoms with Crippen LogP contribution in [0.1, 0.15) is 11.1 Å². The molecule has 0 amide bonds. The first-order valence-corrected chi connectivity index (χ1v) is 7.78. The Morgan fingerprint density at radius 1 is 1.10 bits per heavy atom. The van der Waals surface area contributed by atoms with Crippen molar-refractivity contribution < 1.29 is 13.2 Å². The summed E-state index contributed by atoms with van der Waals surface area (Å²) in [5, 5.41) is 8.87. The second kappa shape index (κ2) is 5.35. The number of aryl methyl sites for hydroxylation is 1. The molecule has 2 aromatic rings. The van der Waals surface area contributed by atoms with Gasteiger partial charge in [0.1, 0.15) is 11.5 Å². The summed E-state index contributed by atoms with van der Waals surface area (Å²) >= 11 is 0. The predicted molar refractivity (Wildman–Crippen MR) is 75.5 cm³/mol. The molecular weight excluding hydrogens is 274 g/mol. The van der Waals surface area contributed by atoms with Crippen LogP contribution in [0.3, 0.4) is 0 Å². The average Bonchev–Trinajstić information content (AvgIpc) is 2.38. The molecule has 0 aliphatic heterocycles. The Morgan fingerprint density at radius 3 is 2.40 bits per heavy atom. The number of nitrogens with zero attached hydrogens (tertiary/aromatic N) is 1. The van der Waals surface area contributed by atoms with Crippen molar-refractivity contribution in [3.63, 3.8) is 0 Å². The van der Waals surface area contributed by atoms with E-state index >= 15 is 0 Å². The SMILES string of the molecule is Cc1cc(Oc2cccc(S(C)(=O)=O)c2)ccc1C#N. The lowest BCUT2D eigenvalue weighted by atomic mass is 10.1. The minimum Gasteiger partial charge on any atom is -0.457 e. The van der Waals surface area contributed by atoms with E-state index in [2.05, 4.69) is 6.07 Å². The molecule has 4 nitrogen and oxygen atoms in total. The molecule has 0 fully saturated rings. The monoisotopic (exact) mass is 287 g/mol. The number of rotatable bonds is 3. The van der Waals surface area contributed by atoms with Gasteiger partial charge in [-0.1, -0.05) is 6.07 Å².